The van der Waals surface area contributed by atoms with Crippen LogP contribution in [0.4, 0.5) is 0 Å². The van der Waals surface area contributed by atoms with Crippen LogP contribution < -0.4 is 5.32 Å². The van der Waals surface area contributed by atoms with Gasteiger partial charge in [0.15, 0.2) is 0 Å². The molecule has 0 amide bonds. The number of nitrogens with one attached hydrogen (secondary N) is 1. The highest BCUT2D eigenvalue weighted by Crippen LogP contribution is 2.55. The molecule has 3 fully saturated rings. The molecule has 1 aromatic carbocycles. The van der Waals surface area contributed by atoms with Gasteiger partial charge in [-0.05, 0) is 82.1 Å². The van der Waals surface area contributed by atoms with Crippen molar-refractivity contribution in [2.75, 3.05) is 26.2 Å². The Morgan fingerprint density at radius 1 is 1.04 bits per heavy atom. The summed E-state index contributed by atoms with van der Waals surface area (Å²) in [5.41, 5.74) is 1.83. The van der Waals surface area contributed by atoms with E-state index in [4.69, 9.17) is 0 Å². The molecule has 23 heavy (non-hydrogen) atoms. The van der Waals surface area contributed by atoms with Crippen LogP contribution in [0.15, 0.2) is 30.3 Å². The van der Waals surface area contributed by atoms with Crippen molar-refractivity contribution in [3.63, 3.8) is 0 Å². The fourth-order valence-corrected chi connectivity index (χ4v) is 5.53. The molecular weight excluding hydrogens is 280 g/mol. The first-order valence-corrected chi connectivity index (χ1v) is 9.90. The number of nitrogens with zero attached hydrogens (tertiary/aromatic N) is 1. The van der Waals surface area contributed by atoms with Crippen LogP contribution in [0, 0.1) is 11.8 Å². The summed E-state index contributed by atoms with van der Waals surface area (Å²) in [6, 6.07) is 11.3. The standard InChI is InChI=1S/C21H32N2/c1-3-8-19(9-4-1)21(17-18-10-11-20(21)16-18)22-12-7-15-23-13-5-2-6-14-23/h1,3-4,8-9,18,20,22H,2,5-7,10-17H2. The van der Waals surface area contributed by atoms with Crippen molar-refractivity contribution >= 4 is 0 Å². The predicted molar refractivity (Wildman–Crippen MR) is 96.5 cm³/mol. The topological polar surface area (TPSA) is 15.3 Å². The van der Waals surface area contributed by atoms with E-state index in [1.807, 2.05) is 0 Å². The minimum Gasteiger partial charge on any atom is -0.307 e. The summed E-state index contributed by atoms with van der Waals surface area (Å²) in [6.45, 7) is 5.11. The summed E-state index contributed by atoms with van der Waals surface area (Å²) in [7, 11) is 0. The van der Waals surface area contributed by atoms with Crippen molar-refractivity contribution in [2.24, 2.45) is 11.8 Å². The Morgan fingerprint density at radius 3 is 2.57 bits per heavy atom. The van der Waals surface area contributed by atoms with Gasteiger partial charge in [-0.15, -0.1) is 0 Å². The van der Waals surface area contributed by atoms with E-state index in [-0.39, 0.29) is 5.54 Å². The third-order valence-corrected chi connectivity index (χ3v) is 6.68. The largest absolute Gasteiger partial charge is 0.307 e. The summed E-state index contributed by atoms with van der Waals surface area (Å²) in [5, 5.41) is 4.06. The van der Waals surface area contributed by atoms with E-state index in [9.17, 15) is 0 Å². The van der Waals surface area contributed by atoms with Gasteiger partial charge in [0.05, 0.1) is 0 Å². The van der Waals surface area contributed by atoms with E-state index in [0.29, 0.717) is 0 Å². The number of rotatable bonds is 6. The van der Waals surface area contributed by atoms with Crippen molar-refractivity contribution in [1.29, 1.82) is 0 Å². The molecule has 4 rings (SSSR count). The molecule has 0 spiro atoms. The van der Waals surface area contributed by atoms with E-state index in [0.717, 1.165) is 11.8 Å². The zero-order valence-electron chi connectivity index (χ0n) is 14.5. The van der Waals surface area contributed by atoms with Gasteiger partial charge < -0.3 is 10.2 Å². The zero-order valence-corrected chi connectivity index (χ0v) is 14.5. The van der Waals surface area contributed by atoms with Crippen molar-refractivity contribution in [2.45, 2.75) is 56.9 Å². The maximum Gasteiger partial charge on any atom is 0.0465 e. The molecule has 126 valence electrons. The third-order valence-electron chi connectivity index (χ3n) is 6.68. The molecule has 2 saturated carbocycles. The third kappa shape index (κ3) is 3.21. The Labute approximate surface area is 141 Å². The van der Waals surface area contributed by atoms with E-state index in [2.05, 4.69) is 40.5 Å². The summed E-state index contributed by atoms with van der Waals surface area (Å²) >= 11 is 0. The minimum absolute atomic E-state index is 0.284. The zero-order chi connectivity index (χ0) is 15.5. The summed E-state index contributed by atoms with van der Waals surface area (Å²) in [4.78, 5) is 2.67. The lowest BCUT2D eigenvalue weighted by molar-refractivity contribution is 0.193. The number of piperidine rings is 1. The number of likely N-dealkylation sites (tertiary alicyclic amines) is 1. The molecule has 3 aliphatic rings. The molecule has 2 heteroatoms. The second-order valence-electron chi connectivity index (χ2n) is 8.10. The monoisotopic (exact) mass is 312 g/mol. The van der Waals surface area contributed by atoms with Gasteiger partial charge in [0.25, 0.3) is 0 Å². The lowest BCUT2D eigenvalue weighted by Crippen LogP contribution is -2.47. The Balaban J connectivity index is 1.37. The highest BCUT2D eigenvalue weighted by Gasteiger charge is 2.51. The number of benzene rings is 1. The Bertz CT molecular complexity index is 494. The van der Waals surface area contributed by atoms with Crippen LogP contribution in [0.5, 0.6) is 0 Å². The van der Waals surface area contributed by atoms with Crippen LogP contribution >= 0.6 is 0 Å². The van der Waals surface area contributed by atoms with Gasteiger partial charge in [-0.1, -0.05) is 43.2 Å². The summed E-state index contributed by atoms with van der Waals surface area (Å²) in [5.74, 6) is 1.83. The molecule has 1 aromatic rings. The van der Waals surface area contributed by atoms with Crippen LogP contribution in [-0.2, 0) is 5.54 Å². The van der Waals surface area contributed by atoms with Crippen molar-refractivity contribution < 1.29 is 0 Å². The van der Waals surface area contributed by atoms with Gasteiger partial charge in [0.1, 0.15) is 0 Å². The first-order valence-electron chi connectivity index (χ1n) is 9.90. The highest BCUT2D eigenvalue weighted by molar-refractivity contribution is 5.29. The fraction of sp³-hybridized carbons (Fsp3) is 0.714. The SMILES string of the molecule is c1ccc(C2(NCCCN3CCCCC3)CC3CCC2C3)cc1. The number of hydrogen-bond donors (Lipinski definition) is 1. The second-order valence-corrected chi connectivity index (χ2v) is 8.10. The molecule has 1 aliphatic heterocycles. The molecule has 2 nitrogen and oxygen atoms in total. The van der Waals surface area contributed by atoms with Crippen LogP contribution in [0.25, 0.3) is 0 Å². The lowest BCUT2D eigenvalue weighted by Gasteiger charge is -2.40. The molecule has 3 unspecified atom stereocenters. The van der Waals surface area contributed by atoms with E-state index in [1.54, 1.807) is 5.56 Å². The molecule has 0 aromatic heterocycles. The smallest absolute Gasteiger partial charge is 0.0465 e. The summed E-state index contributed by atoms with van der Waals surface area (Å²) < 4.78 is 0. The van der Waals surface area contributed by atoms with Crippen LogP contribution in [-0.4, -0.2) is 31.1 Å². The van der Waals surface area contributed by atoms with Gasteiger partial charge in [0.2, 0.25) is 0 Å². The van der Waals surface area contributed by atoms with E-state index in [1.165, 1.54) is 77.5 Å². The van der Waals surface area contributed by atoms with Gasteiger partial charge in [-0.3, -0.25) is 0 Å². The average Bonchev–Trinajstić information content (AvgIpc) is 3.22. The van der Waals surface area contributed by atoms with Crippen molar-refractivity contribution in [3.05, 3.63) is 35.9 Å². The normalized spacial score (nSPS) is 34.1. The van der Waals surface area contributed by atoms with Crippen LogP contribution in [0.2, 0.25) is 0 Å². The Morgan fingerprint density at radius 2 is 1.87 bits per heavy atom. The van der Waals surface area contributed by atoms with Gasteiger partial charge in [-0.2, -0.15) is 0 Å². The van der Waals surface area contributed by atoms with Gasteiger partial charge in [-0.25, -0.2) is 0 Å². The molecule has 1 N–H and O–H groups in total. The molecule has 1 heterocycles. The molecule has 0 radical (unpaired) electrons. The first kappa shape index (κ1) is 15.7. The minimum atomic E-state index is 0.284. The molecule has 1 saturated heterocycles. The quantitative estimate of drug-likeness (QED) is 0.793. The van der Waals surface area contributed by atoms with Crippen molar-refractivity contribution in [1.82, 2.24) is 10.2 Å². The number of hydrogen-bond acceptors (Lipinski definition) is 2. The maximum absolute atomic E-state index is 4.06. The molecular formula is C21H32N2. The fourth-order valence-electron chi connectivity index (χ4n) is 5.53. The average molecular weight is 313 g/mol. The lowest BCUT2D eigenvalue weighted by atomic mass is 9.75. The molecule has 2 aliphatic carbocycles. The Kier molecular flexibility index (Phi) is 4.73. The highest BCUT2D eigenvalue weighted by atomic mass is 15.1. The number of fused-ring (bicyclic) bond motifs is 2. The molecule has 3 atom stereocenters. The molecule has 2 bridgehead atoms. The van der Waals surface area contributed by atoms with Gasteiger partial charge in [0, 0.05) is 5.54 Å². The second kappa shape index (κ2) is 6.94. The van der Waals surface area contributed by atoms with Crippen LogP contribution in [0.1, 0.15) is 56.9 Å². The Hall–Kier alpha value is -0.860. The van der Waals surface area contributed by atoms with Crippen LogP contribution in [0.3, 0.4) is 0 Å². The summed E-state index contributed by atoms with van der Waals surface area (Å²) in [6.07, 6.45) is 11.3. The predicted octanol–water partition coefficient (Wildman–Crippen LogP) is 4.17. The van der Waals surface area contributed by atoms with Crippen molar-refractivity contribution in [3.8, 4) is 0 Å². The maximum atomic E-state index is 4.06. The van der Waals surface area contributed by atoms with E-state index >= 15 is 0 Å². The first-order chi connectivity index (χ1) is 11.4. The van der Waals surface area contributed by atoms with E-state index < -0.39 is 0 Å². The van der Waals surface area contributed by atoms with Gasteiger partial charge >= 0.3 is 0 Å².